The molecule has 1 aromatic rings. The van der Waals surface area contributed by atoms with Crippen molar-refractivity contribution in [1.82, 2.24) is 0 Å². The molecule has 0 aliphatic heterocycles. The Morgan fingerprint density at radius 2 is 1.65 bits per heavy atom. The van der Waals surface area contributed by atoms with Gasteiger partial charge in [-0.25, -0.2) is 0 Å². The van der Waals surface area contributed by atoms with Crippen molar-refractivity contribution in [3.8, 4) is 0 Å². The average molecular weight is 391 g/mol. The third-order valence-corrected chi connectivity index (χ3v) is 3.47. The number of esters is 2. The largest absolute Gasteiger partial charge is 0.469 e. The Balaban J connectivity index is 2.72. The molecule has 0 aliphatic rings. The lowest BCUT2D eigenvalue weighted by Gasteiger charge is -2.24. The van der Waals surface area contributed by atoms with Gasteiger partial charge in [0.15, 0.2) is 0 Å². The zero-order valence-electron chi connectivity index (χ0n) is 11.6. The minimum atomic E-state index is -0.265. The quantitative estimate of drug-likeness (QED) is 0.527. The van der Waals surface area contributed by atoms with E-state index in [1.54, 1.807) is 0 Å². The van der Waals surface area contributed by atoms with E-state index in [4.69, 9.17) is 0 Å². The molecule has 0 amide bonds. The molecular formula is C14H18INO4. The fraction of sp³-hybridized carbons (Fsp3) is 0.429. The van der Waals surface area contributed by atoms with E-state index in [2.05, 4.69) is 32.1 Å². The summed E-state index contributed by atoms with van der Waals surface area (Å²) in [5.74, 6) is -0.530. The number of methoxy groups -OCH3 is 2. The van der Waals surface area contributed by atoms with Gasteiger partial charge in [-0.2, -0.15) is 0 Å². The van der Waals surface area contributed by atoms with E-state index in [0.717, 1.165) is 9.26 Å². The van der Waals surface area contributed by atoms with Crippen molar-refractivity contribution in [2.24, 2.45) is 0 Å². The van der Waals surface area contributed by atoms with Crippen molar-refractivity contribution in [2.75, 3.05) is 32.2 Å². The highest BCUT2D eigenvalue weighted by Crippen LogP contribution is 2.18. The number of hydrogen-bond donors (Lipinski definition) is 0. The highest BCUT2D eigenvalue weighted by molar-refractivity contribution is 14.1. The van der Waals surface area contributed by atoms with Gasteiger partial charge in [0.05, 0.1) is 27.1 Å². The summed E-state index contributed by atoms with van der Waals surface area (Å²) in [6.07, 6.45) is 0.562. The summed E-state index contributed by atoms with van der Waals surface area (Å²) < 4.78 is 10.4. The van der Waals surface area contributed by atoms with Crippen LogP contribution in [0.4, 0.5) is 5.69 Å². The van der Waals surface area contributed by atoms with Crippen molar-refractivity contribution in [3.63, 3.8) is 0 Å². The molecule has 0 fully saturated rings. The van der Waals surface area contributed by atoms with Gasteiger partial charge in [0, 0.05) is 22.3 Å². The van der Waals surface area contributed by atoms with Crippen LogP contribution in [0.3, 0.4) is 0 Å². The van der Waals surface area contributed by atoms with Gasteiger partial charge in [-0.1, -0.05) is 6.07 Å². The van der Waals surface area contributed by atoms with Crippen LogP contribution in [0.1, 0.15) is 12.8 Å². The number of nitrogens with zero attached hydrogens (tertiary/aromatic N) is 1. The van der Waals surface area contributed by atoms with Crippen molar-refractivity contribution in [3.05, 3.63) is 27.8 Å². The van der Waals surface area contributed by atoms with Crippen LogP contribution in [-0.4, -0.2) is 39.2 Å². The lowest BCUT2D eigenvalue weighted by Crippen LogP contribution is -2.29. The second-order valence-electron chi connectivity index (χ2n) is 4.12. The van der Waals surface area contributed by atoms with Gasteiger partial charge in [0.2, 0.25) is 0 Å². The maximum absolute atomic E-state index is 11.3. The molecule has 0 N–H and O–H groups in total. The van der Waals surface area contributed by atoms with Gasteiger partial charge in [-0.3, -0.25) is 9.59 Å². The first-order valence-electron chi connectivity index (χ1n) is 6.21. The van der Waals surface area contributed by atoms with E-state index in [-0.39, 0.29) is 24.8 Å². The van der Waals surface area contributed by atoms with E-state index < -0.39 is 0 Å². The normalized spacial score (nSPS) is 9.95. The fourth-order valence-corrected chi connectivity index (χ4v) is 2.23. The van der Waals surface area contributed by atoms with Crippen molar-refractivity contribution in [1.29, 1.82) is 0 Å². The van der Waals surface area contributed by atoms with Crippen LogP contribution in [0.25, 0.3) is 0 Å². The Morgan fingerprint density at radius 1 is 1.10 bits per heavy atom. The zero-order valence-corrected chi connectivity index (χ0v) is 13.8. The molecule has 1 aromatic carbocycles. The van der Waals surface area contributed by atoms with Crippen LogP contribution in [-0.2, 0) is 19.1 Å². The van der Waals surface area contributed by atoms with Gasteiger partial charge in [-0.15, -0.1) is 0 Å². The van der Waals surface area contributed by atoms with Crippen molar-refractivity contribution in [2.45, 2.75) is 12.8 Å². The van der Waals surface area contributed by atoms with Crippen LogP contribution in [0.15, 0.2) is 24.3 Å². The van der Waals surface area contributed by atoms with Crippen LogP contribution in [0.2, 0.25) is 0 Å². The smallest absolute Gasteiger partial charge is 0.307 e. The first-order chi connectivity index (χ1) is 9.56. The van der Waals surface area contributed by atoms with E-state index in [1.807, 2.05) is 29.2 Å². The van der Waals surface area contributed by atoms with E-state index in [9.17, 15) is 9.59 Å². The summed E-state index contributed by atoms with van der Waals surface area (Å²) in [5.41, 5.74) is 0.977. The molecule has 0 saturated carbocycles. The van der Waals surface area contributed by atoms with Gasteiger partial charge in [0.1, 0.15) is 0 Å². The molecule has 0 bridgehead atoms. The monoisotopic (exact) mass is 391 g/mol. The predicted molar refractivity (Wildman–Crippen MR) is 84.6 cm³/mol. The van der Waals surface area contributed by atoms with E-state index in [0.29, 0.717) is 13.1 Å². The molecular weight excluding hydrogens is 373 g/mol. The lowest BCUT2D eigenvalue weighted by atomic mass is 10.2. The first kappa shape index (κ1) is 16.7. The van der Waals surface area contributed by atoms with Gasteiger partial charge in [0.25, 0.3) is 0 Å². The second kappa shape index (κ2) is 8.78. The number of carbonyl (C=O) groups is 2. The Morgan fingerprint density at radius 3 is 2.10 bits per heavy atom. The predicted octanol–water partition coefficient (Wildman–Crippen LogP) is 2.22. The Hall–Kier alpha value is -1.31. The van der Waals surface area contributed by atoms with Crippen LogP contribution in [0, 0.1) is 3.57 Å². The molecule has 0 spiro atoms. The minimum Gasteiger partial charge on any atom is -0.469 e. The summed E-state index contributed by atoms with van der Waals surface area (Å²) in [6.45, 7) is 1.01. The van der Waals surface area contributed by atoms with Crippen LogP contribution >= 0.6 is 22.6 Å². The average Bonchev–Trinajstić information content (AvgIpc) is 2.46. The number of ether oxygens (including phenoxy) is 2. The third-order valence-electron chi connectivity index (χ3n) is 2.80. The maximum atomic E-state index is 11.3. The fourth-order valence-electron chi connectivity index (χ4n) is 1.70. The van der Waals surface area contributed by atoms with Crippen molar-refractivity contribution < 1.29 is 19.1 Å². The standard InChI is InChI=1S/C14H18INO4/c1-19-13(17)6-8-16(9-7-14(18)20-2)12-5-3-4-11(15)10-12/h3-5,10H,6-9H2,1-2H3. The van der Waals surface area contributed by atoms with E-state index >= 15 is 0 Å². The summed E-state index contributed by atoms with van der Waals surface area (Å²) in [6, 6.07) is 7.90. The topological polar surface area (TPSA) is 55.8 Å². The van der Waals surface area contributed by atoms with Gasteiger partial charge < -0.3 is 14.4 Å². The zero-order chi connectivity index (χ0) is 15.0. The van der Waals surface area contributed by atoms with Gasteiger partial charge >= 0.3 is 11.9 Å². The number of hydrogen-bond acceptors (Lipinski definition) is 5. The van der Waals surface area contributed by atoms with E-state index in [1.165, 1.54) is 14.2 Å². The Labute approximate surface area is 132 Å². The highest BCUT2D eigenvalue weighted by Gasteiger charge is 2.12. The van der Waals surface area contributed by atoms with Crippen LogP contribution < -0.4 is 4.90 Å². The number of anilines is 1. The first-order valence-corrected chi connectivity index (χ1v) is 7.29. The molecule has 20 heavy (non-hydrogen) atoms. The van der Waals surface area contributed by atoms with Crippen molar-refractivity contribution >= 4 is 40.2 Å². The summed E-state index contributed by atoms with van der Waals surface area (Å²) in [7, 11) is 2.74. The summed E-state index contributed by atoms with van der Waals surface area (Å²) in [4.78, 5) is 24.5. The molecule has 0 heterocycles. The number of rotatable bonds is 7. The molecule has 6 heteroatoms. The Kier molecular flexibility index (Phi) is 7.35. The molecule has 0 aliphatic carbocycles. The molecule has 0 radical (unpaired) electrons. The molecule has 0 saturated heterocycles. The molecule has 0 aromatic heterocycles. The maximum Gasteiger partial charge on any atom is 0.307 e. The number of halogens is 1. The second-order valence-corrected chi connectivity index (χ2v) is 5.36. The molecule has 110 valence electrons. The number of benzene rings is 1. The third kappa shape index (κ3) is 5.77. The van der Waals surface area contributed by atoms with Crippen LogP contribution in [0.5, 0.6) is 0 Å². The summed E-state index contributed by atoms with van der Waals surface area (Å²) >= 11 is 2.23. The minimum absolute atomic E-state index is 0.265. The SMILES string of the molecule is COC(=O)CCN(CCC(=O)OC)c1cccc(I)c1. The number of carbonyl (C=O) groups excluding carboxylic acids is 2. The molecule has 1 rings (SSSR count). The molecule has 0 unspecified atom stereocenters. The highest BCUT2D eigenvalue weighted by atomic mass is 127. The Bertz CT molecular complexity index is 444. The van der Waals surface area contributed by atoms with Gasteiger partial charge in [-0.05, 0) is 40.8 Å². The molecule has 0 atom stereocenters. The molecule has 5 nitrogen and oxygen atoms in total. The lowest BCUT2D eigenvalue weighted by molar-refractivity contribution is -0.140. The summed E-state index contributed by atoms with van der Waals surface area (Å²) in [5, 5.41) is 0.